The summed E-state index contributed by atoms with van der Waals surface area (Å²) in [5.41, 5.74) is 6.43. The summed E-state index contributed by atoms with van der Waals surface area (Å²) in [6.45, 7) is 0. The number of pyridine rings is 1. The lowest BCUT2D eigenvalue weighted by molar-refractivity contribution is 0.668. The van der Waals surface area contributed by atoms with E-state index >= 15 is 0 Å². The summed E-state index contributed by atoms with van der Waals surface area (Å²) in [6.07, 6.45) is 1.82. The zero-order valence-electron chi connectivity index (χ0n) is 26.2. The summed E-state index contributed by atoms with van der Waals surface area (Å²) >= 11 is 0. The van der Waals surface area contributed by atoms with Crippen molar-refractivity contribution < 1.29 is 4.42 Å². The van der Waals surface area contributed by atoms with Crippen molar-refractivity contribution >= 4 is 54.3 Å². The van der Waals surface area contributed by atoms with Crippen LogP contribution >= 0.6 is 0 Å². The molecule has 10 aromatic rings. The highest BCUT2D eigenvalue weighted by Crippen LogP contribution is 2.39. The van der Waals surface area contributed by atoms with E-state index in [0.29, 0.717) is 17.5 Å². The van der Waals surface area contributed by atoms with Crippen LogP contribution in [-0.4, -0.2) is 19.9 Å². The van der Waals surface area contributed by atoms with Crippen LogP contribution in [0.1, 0.15) is 0 Å². The van der Waals surface area contributed by atoms with Gasteiger partial charge in [0.1, 0.15) is 11.2 Å². The first-order valence-corrected chi connectivity index (χ1v) is 16.3. The maximum atomic E-state index is 6.18. The molecule has 0 N–H and O–H groups in total. The Labute approximate surface area is 281 Å². The molecule has 228 valence electrons. The minimum absolute atomic E-state index is 0.620. The molecule has 3 aromatic heterocycles. The van der Waals surface area contributed by atoms with Crippen LogP contribution in [0.5, 0.6) is 0 Å². The van der Waals surface area contributed by atoms with E-state index < -0.39 is 0 Å². The maximum Gasteiger partial charge on any atom is 0.164 e. The molecular formula is C44H26N4O. The van der Waals surface area contributed by atoms with Crippen molar-refractivity contribution in [3.8, 4) is 45.4 Å². The smallest absolute Gasteiger partial charge is 0.164 e. The first kappa shape index (κ1) is 27.4. The summed E-state index contributed by atoms with van der Waals surface area (Å²) in [5.74, 6) is 1.89. The Morgan fingerprint density at radius 2 is 0.939 bits per heavy atom. The summed E-state index contributed by atoms with van der Waals surface area (Å²) in [6, 6.07) is 52.2. The van der Waals surface area contributed by atoms with Crippen LogP contribution in [0.3, 0.4) is 0 Å². The molecule has 10 rings (SSSR count). The molecule has 0 aliphatic heterocycles. The average molecular weight is 627 g/mol. The fourth-order valence-corrected chi connectivity index (χ4v) is 6.92. The van der Waals surface area contributed by atoms with Gasteiger partial charge >= 0.3 is 0 Å². The first-order chi connectivity index (χ1) is 24.2. The van der Waals surface area contributed by atoms with Crippen LogP contribution in [0.2, 0.25) is 0 Å². The Balaban J connectivity index is 1.15. The number of hydrogen-bond donors (Lipinski definition) is 0. The van der Waals surface area contributed by atoms with Gasteiger partial charge in [0.05, 0.1) is 11.1 Å². The molecular weight excluding hydrogens is 601 g/mol. The summed E-state index contributed by atoms with van der Waals surface area (Å²) in [4.78, 5) is 20.1. The average Bonchev–Trinajstić information content (AvgIpc) is 3.56. The first-order valence-electron chi connectivity index (χ1n) is 16.3. The van der Waals surface area contributed by atoms with E-state index in [1.165, 1.54) is 10.8 Å². The Bertz CT molecular complexity index is 2810. The second-order valence-electron chi connectivity index (χ2n) is 12.3. The van der Waals surface area contributed by atoms with Crippen LogP contribution in [-0.2, 0) is 0 Å². The largest absolute Gasteiger partial charge is 0.456 e. The van der Waals surface area contributed by atoms with Gasteiger partial charge < -0.3 is 4.42 Å². The third kappa shape index (κ3) is 4.63. The Kier molecular flexibility index (Phi) is 6.11. The lowest BCUT2D eigenvalue weighted by Gasteiger charge is -2.11. The number of benzene rings is 7. The van der Waals surface area contributed by atoms with Crippen LogP contribution in [0.25, 0.3) is 99.7 Å². The van der Waals surface area contributed by atoms with Gasteiger partial charge in [0, 0.05) is 33.8 Å². The Hall–Kier alpha value is -6.72. The topological polar surface area (TPSA) is 64.7 Å². The zero-order valence-corrected chi connectivity index (χ0v) is 26.2. The lowest BCUT2D eigenvalue weighted by atomic mass is 9.97. The van der Waals surface area contributed by atoms with Crippen molar-refractivity contribution in [2.45, 2.75) is 0 Å². The molecule has 0 spiro atoms. The molecule has 0 atom stereocenters. The quantitative estimate of drug-likeness (QED) is 0.194. The molecule has 0 bridgehead atoms. The second-order valence-corrected chi connectivity index (χ2v) is 12.3. The molecule has 0 radical (unpaired) electrons. The summed E-state index contributed by atoms with van der Waals surface area (Å²) in [7, 11) is 0. The Morgan fingerprint density at radius 1 is 0.388 bits per heavy atom. The zero-order chi connectivity index (χ0) is 32.3. The normalized spacial score (nSPS) is 11.7. The van der Waals surface area contributed by atoms with Gasteiger partial charge in [-0.25, -0.2) is 15.0 Å². The van der Waals surface area contributed by atoms with Gasteiger partial charge in [-0.05, 0) is 62.6 Å². The fourth-order valence-electron chi connectivity index (χ4n) is 6.92. The minimum atomic E-state index is 0.620. The fraction of sp³-hybridized carbons (Fsp3) is 0. The number of fused-ring (bicyclic) bond motifs is 6. The lowest BCUT2D eigenvalue weighted by Crippen LogP contribution is -2.00. The van der Waals surface area contributed by atoms with Crippen molar-refractivity contribution in [1.29, 1.82) is 0 Å². The van der Waals surface area contributed by atoms with Crippen molar-refractivity contribution in [3.05, 3.63) is 158 Å². The van der Waals surface area contributed by atoms with Crippen LogP contribution in [0.15, 0.2) is 162 Å². The highest BCUT2D eigenvalue weighted by Gasteiger charge is 2.17. The molecule has 0 aliphatic rings. The van der Waals surface area contributed by atoms with E-state index in [0.717, 1.165) is 71.4 Å². The van der Waals surface area contributed by atoms with Gasteiger partial charge in [-0.15, -0.1) is 0 Å². The molecule has 49 heavy (non-hydrogen) atoms. The highest BCUT2D eigenvalue weighted by atomic mass is 16.3. The molecule has 0 saturated carbocycles. The van der Waals surface area contributed by atoms with Crippen molar-refractivity contribution in [2.75, 3.05) is 0 Å². The number of hydrogen-bond acceptors (Lipinski definition) is 5. The van der Waals surface area contributed by atoms with Gasteiger partial charge in [0.15, 0.2) is 17.5 Å². The van der Waals surface area contributed by atoms with E-state index in [-0.39, 0.29) is 0 Å². The van der Waals surface area contributed by atoms with E-state index in [9.17, 15) is 0 Å². The molecule has 0 unspecified atom stereocenters. The van der Waals surface area contributed by atoms with Crippen molar-refractivity contribution in [3.63, 3.8) is 0 Å². The predicted molar refractivity (Wildman–Crippen MR) is 199 cm³/mol. The molecule has 0 saturated heterocycles. The minimum Gasteiger partial charge on any atom is -0.456 e. The van der Waals surface area contributed by atoms with Gasteiger partial charge in [-0.3, -0.25) is 4.98 Å². The number of furan rings is 1. The van der Waals surface area contributed by atoms with Crippen molar-refractivity contribution in [2.24, 2.45) is 0 Å². The third-order valence-electron chi connectivity index (χ3n) is 9.33. The number of para-hydroxylation sites is 1. The van der Waals surface area contributed by atoms with E-state index in [2.05, 4.69) is 127 Å². The summed E-state index contributed by atoms with van der Waals surface area (Å²) < 4.78 is 6.18. The predicted octanol–water partition coefficient (Wildman–Crippen LogP) is 11.3. The van der Waals surface area contributed by atoms with E-state index in [4.69, 9.17) is 24.4 Å². The number of aromatic nitrogens is 4. The number of rotatable bonds is 4. The van der Waals surface area contributed by atoms with Crippen LogP contribution < -0.4 is 0 Å². The van der Waals surface area contributed by atoms with Gasteiger partial charge in [0.25, 0.3) is 0 Å². The van der Waals surface area contributed by atoms with Crippen LogP contribution in [0, 0.1) is 0 Å². The SMILES string of the molecule is c1ccc2cc(-c3nc(-c4ccc5ccccc5c4)nc(-c4ccc5c(-c6nccc7oc8ccccc8c67)cccc5c4)n3)ccc2c1. The molecule has 0 aliphatic carbocycles. The molecule has 0 amide bonds. The Morgan fingerprint density at radius 3 is 1.61 bits per heavy atom. The monoisotopic (exact) mass is 626 g/mol. The van der Waals surface area contributed by atoms with Gasteiger partial charge in [-0.2, -0.15) is 0 Å². The summed E-state index contributed by atoms with van der Waals surface area (Å²) in [5, 5.41) is 8.87. The van der Waals surface area contributed by atoms with Crippen LogP contribution in [0.4, 0.5) is 0 Å². The molecule has 0 fully saturated rings. The highest BCUT2D eigenvalue weighted by molar-refractivity contribution is 6.14. The molecule has 5 heteroatoms. The molecule has 7 aromatic carbocycles. The number of nitrogens with zero attached hydrogens (tertiary/aromatic N) is 4. The van der Waals surface area contributed by atoms with Gasteiger partial charge in [-0.1, -0.05) is 121 Å². The second kappa shape index (κ2) is 10.9. The van der Waals surface area contributed by atoms with Crippen molar-refractivity contribution in [1.82, 2.24) is 19.9 Å². The standard InChI is InChI=1S/C44H26N4O/c1-3-10-29-24-32(18-16-27(29)8-1)42-46-43(33-19-17-28-9-2-4-11-30(28)25-33)48-44(47-42)34-20-21-35-31(26-34)12-7-14-36(35)41-40-37-13-5-6-15-38(37)49-39(40)22-23-45-41/h1-26H. The van der Waals surface area contributed by atoms with E-state index in [1.54, 1.807) is 0 Å². The van der Waals surface area contributed by atoms with E-state index in [1.807, 2.05) is 30.5 Å². The van der Waals surface area contributed by atoms with Gasteiger partial charge in [0.2, 0.25) is 0 Å². The molecule has 5 nitrogen and oxygen atoms in total. The maximum absolute atomic E-state index is 6.18. The molecule has 3 heterocycles. The third-order valence-corrected chi connectivity index (χ3v) is 9.33.